The predicted octanol–water partition coefficient (Wildman–Crippen LogP) is 1.99. The van der Waals surface area contributed by atoms with E-state index in [0.717, 1.165) is 5.56 Å². The Hall–Kier alpha value is -2.36. The van der Waals surface area contributed by atoms with Gasteiger partial charge in [0.15, 0.2) is 0 Å². The molecule has 98 valence electrons. The Morgan fingerprint density at radius 2 is 2.00 bits per heavy atom. The fourth-order valence-electron chi connectivity index (χ4n) is 1.90. The highest BCUT2D eigenvalue weighted by molar-refractivity contribution is 5.25. The first-order valence-corrected chi connectivity index (χ1v) is 6.16. The van der Waals surface area contributed by atoms with Crippen LogP contribution in [0.5, 0.6) is 5.88 Å². The summed E-state index contributed by atoms with van der Waals surface area (Å²) in [5.41, 5.74) is 1.17. The number of rotatable bonds is 5. The van der Waals surface area contributed by atoms with Crippen molar-refractivity contribution in [2.24, 2.45) is 0 Å². The van der Waals surface area contributed by atoms with Gasteiger partial charge in [0.25, 0.3) is 5.56 Å². The number of nitrogens with zero attached hydrogens (tertiary/aromatic N) is 1. The zero-order valence-electron chi connectivity index (χ0n) is 10.6. The third kappa shape index (κ3) is 3.31. The van der Waals surface area contributed by atoms with E-state index in [-0.39, 0.29) is 11.4 Å². The summed E-state index contributed by atoms with van der Waals surface area (Å²) in [4.78, 5) is 18.5. The summed E-state index contributed by atoms with van der Waals surface area (Å²) in [6.07, 6.45) is 3.22. The summed E-state index contributed by atoms with van der Waals surface area (Å²) in [6.45, 7) is 3.57. The normalized spacial score (nSPS) is 10.3. The van der Waals surface area contributed by atoms with E-state index in [0.29, 0.717) is 30.7 Å². The van der Waals surface area contributed by atoms with Crippen molar-refractivity contribution in [1.82, 2.24) is 9.97 Å². The molecule has 0 aliphatic carbocycles. The van der Waals surface area contributed by atoms with Crippen LogP contribution < -0.4 is 5.56 Å². The van der Waals surface area contributed by atoms with E-state index in [4.69, 9.17) is 0 Å². The number of aromatic nitrogens is 2. The summed E-state index contributed by atoms with van der Waals surface area (Å²) in [5, 5.41) is 9.81. The molecular weight excluding hydrogens is 240 g/mol. The molecule has 0 amide bonds. The predicted molar refractivity (Wildman–Crippen MR) is 74.3 cm³/mol. The molecule has 0 aliphatic rings. The van der Waals surface area contributed by atoms with Crippen molar-refractivity contribution < 1.29 is 5.11 Å². The van der Waals surface area contributed by atoms with E-state index in [1.807, 2.05) is 30.3 Å². The van der Waals surface area contributed by atoms with Gasteiger partial charge in [-0.15, -0.1) is 6.58 Å². The maximum atomic E-state index is 11.9. The lowest BCUT2D eigenvalue weighted by Crippen LogP contribution is -2.17. The van der Waals surface area contributed by atoms with E-state index < -0.39 is 0 Å². The van der Waals surface area contributed by atoms with Crippen molar-refractivity contribution in [3.05, 3.63) is 70.3 Å². The van der Waals surface area contributed by atoms with Crippen molar-refractivity contribution >= 4 is 0 Å². The number of benzene rings is 1. The average molecular weight is 256 g/mol. The SMILES string of the molecule is C=CCc1nc(O)c(CCc2ccccc2)c(=O)[nH]1. The van der Waals surface area contributed by atoms with E-state index in [9.17, 15) is 9.90 Å². The first kappa shape index (κ1) is 13.1. The molecule has 1 aromatic carbocycles. The number of allylic oxidation sites excluding steroid dienone is 1. The number of aryl methyl sites for hydroxylation is 1. The highest BCUT2D eigenvalue weighted by Gasteiger charge is 2.10. The maximum absolute atomic E-state index is 11.9. The van der Waals surface area contributed by atoms with Crippen LogP contribution in [0, 0.1) is 0 Å². The monoisotopic (exact) mass is 256 g/mol. The third-order valence-electron chi connectivity index (χ3n) is 2.89. The van der Waals surface area contributed by atoms with Crippen molar-refractivity contribution in [1.29, 1.82) is 0 Å². The van der Waals surface area contributed by atoms with Crippen LogP contribution in [0.3, 0.4) is 0 Å². The molecule has 0 saturated carbocycles. The van der Waals surface area contributed by atoms with Crippen molar-refractivity contribution in [3.8, 4) is 5.88 Å². The summed E-state index contributed by atoms with van der Waals surface area (Å²) < 4.78 is 0. The maximum Gasteiger partial charge on any atom is 0.257 e. The smallest absolute Gasteiger partial charge is 0.257 e. The summed E-state index contributed by atoms with van der Waals surface area (Å²) >= 11 is 0. The van der Waals surface area contributed by atoms with Gasteiger partial charge in [0.05, 0.1) is 5.56 Å². The molecule has 0 radical (unpaired) electrons. The Bertz CT molecular complexity index is 618. The van der Waals surface area contributed by atoms with Crippen molar-refractivity contribution in [2.45, 2.75) is 19.3 Å². The van der Waals surface area contributed by atoms with Crippen LogP contribution in [-0.2, 0) is 19.3 Å². The number of H-pyrrole nitrogens is 1. The molecule has 0 unspecified atom stereocenters. The van der Waals surface area contributed by atoms with E-state index >= 15 is 0 Å². The van der Waals surface area contributed by atoms with E-state index in [2.05, 4.69) is 16.5 Å². The number of hydrogen-bond donors (Lipinski definition) is 2. The molecule has 1 heterocycles. The summed E-state index contributed by atoms with van der Waals surface area (Å²) in [6, 6.07) is 9.82. The second-order valence-corrected chi connectivity index (χ2v) is 4.29. The molecule has 0 atom stereocenters. The minimum atomic E-state index is -0.278. The number of aromatic amines is 1. The molecule has 4 nitrogen and oxygen atoms in total. The molecular formula is C15H16N2O2. The molecule has 4 heteroatoms. The van der Waals surface area contributed by atoms with Crippen molar-refractivity contribution in [3.63, 3.8) is 0 Å². The van der Waals surface area contributed by atoms with E-state index in [1.54, 1.807) is 6.08 Å². The Labute approximate surface area is 111 Å². The van der Waals surface area contributed by atoms with E-state index in [1.165, 1.54) is 0 Å². The molecule has 2 rings (SSSR count). The van der Waals surface area contributed by atoms with Gasteiger partial charge in [0.2, 0.25) is 5.88 Å². The standard InChI is InChI=1S/C15H16N2O2/c1-2-6-13-16-14(18)12(15(19)17-13)10-9-11-7-4-3-5-8-11/h2-5,7-8H,1,6,9-10H2,(H2,16,17,18,19). The van der Waals surface area contributed by atoms with Crippen LogP contribution in [0.1, 0.15) is 17.0 Å². The van der Waals surface area contributed by atoms with Crippen LogP contribution in [0.15, 0.2) is 47.8 Å². The Kier molecular flexibility index (Phi) is 4.13. The number of nitrogens with one attached hydrogen (secondary N) is 1. The summed E-state index contributed by atoms with van der Waals surface area (Å²) in [5.74, 6) is 0.248. The molecule has 0 spiro atoms. The quantitative estimate of drug-likeness (QED) is 0.804. The molecule has 1 aromatic heterocycles. The molecule has 0 aliphatic heterocycles. The van der Waals surface area contributed by atoms with Gasteiger partial charge >= 0.3 is 0 Å². The van der Waals surface area contributed by atoms with Crippen LogP contribution in [0.25, 0.3) is 0 Å². The van der Waals surface area contributed by atoms with Gasteiger partial charge in [0, 0.05) is 6.42 Å². The fourth-order valence-corrected chi connectivity index (χ4v) is 1.90. The lowest BCUT2D eigenvalue weighted by Gasteiger charge is -2.05. The Morgan fingerprint density at radius 1 is 1.26 bits per heavy atom. The van der Waals surface area contributed by atoms with Gasteiger partial charge in [-0.1, -0.05) is 36.4 Å². The van der Waals surface area contributed by atoms with Gasteiger partial charge in [-0.25, -0.2) is 0 Å². The molecule has 0 bridgehead atoms. The Morgan fingerprint density at radius 3 is 2.63 bits per heavy atom. The molecule has 0 saturated heterocycles. The first-order valence-electron chi connectivity index (χ1n) is 6.16. The van der Waals surface area contributed by atoms with Gasteiger partial charge in [-0.3, -0.25) is 4.79 Å². The molecule has 2 N–H and O–H groups in total. The van der Waals surface area contributed by atoms with Gasteiger partial charge in [-0.2, -0.15) is 4.98 Å². The van der Waals surface area contributed by atoms with Gasteiger partial charge in [-0.05, 0) is 18.4 Å². The number of hydrogen-bond acceptors (Lipinski definition) is 3. The van der Waals surface area contributed by atoms with Crippen molar-refractivity contribution in [2.75, 3.05) is 0 Å². The molecule has 19 heavy (non-hydrogen) atoms. The van der Waals surface area contributed by atoms with Crippen LogP contribution >= 0.6 is 0 Å². The minimum absolute atomic E-state index is 0.184. The summed E-state index contributed by atoms with van der Waals surface area (Å²) in [7, 11) is 0. The second-order valence-electron chi connectivity index (χ2n) is 4.29. The Balaban J connectivity index is 2.17. The lowest BCUT2D eigenvalue weighted by molar-refractivity contribution is 0.440. The topological polar surface area (TPSA) is 66.0 Å². The molecule has 2 aromatic rings. The van der Waals surface area contributed by atoms with Gasteiger partial charge < -0.3 is 10.1 Å². The zero-order valence-corrected chi connectivity index (χ0v) is 10.6. The first-order chi connectivity index (χ1) is 9.20. The van der Waals surface area contributed by atoms with Gasteiger partial charge in [0.1, 0.15) is 5.82 Å². The fraction of sp³-hybridized carbons (Fsp3) is 0.200. The number of aromatic hydroxyl groups is 1. The highest BCUT2D eigenvalue weighted by atomic mass is 16.3. The highest BCUT2D eigenvalue weighted by Crippen LogP contribution is 2.12. The largest absolute Gasteiger partial charge is 0.493 e. The minimum Gasteiger partial charge on any atom is -0.493 e. The van der Waals surface area contributed by atoms with Crippen LogP contribution in [0.4, 0.5) is 0 Å². The van der Waals surface area contributed by atoms with Crippen LogP contribution in [-0.4, -0.2) is 15.1 Å². The average Bonchev–Trinajstić information content (AvgIpc) is 2.39. The lowest BCUT2D eigenvalue weighted by atomic mass is 10.1. The second kappa shape index (κ2) is 6.00. The zero-order chi connectivity index (χ0) is 13.7. The third-order valence-corrected chi connectivity index (χ3v) is 2.89. The van der Waals surface area contributed by atoms with Crippen LogP contribution in [0.2, 0.25) is 0 Å². The molecule has 0 fully saturated rings.